The van der Waals surface area contributed by atoms with Gasteiger partial charge in [0.25, 0.3) is 0 Å². The first-order chi connectivity index (χ1) is 18.3. The molecule has 0 aromatic rings. The maximum atomic E-state index is 11.0. The molecule has 0 radical (unpaired) electrons. The normalized spacial score (nSPS) is 11.8. The molecule has 7 nitrogen and oxygen atoms in total. The van der Waals surface area contributed by atoms with Gasteiger partial charge in [-0.15, -0.1) is 0 Å². The van der Waals surface area contributed by atoms with Crippen LogP contribution in [-0.2, 0) is 14.4 Å². The molecule has 0 aromatic carbocycles. The minimum Gasteiger partial charge on any atom is -0.481 e. The standard InChI is InChI=1S/C31H57NO6/c1-2-3-4-5-6-7-8-9-10-11-12-13-14-18-25-32(26-19-15-22-29(33)34,27-20-16-23-30(35)36)28-21-17-24-31(37)38/h2-3H,4-28H2,1H3,(H2-,33,34,35,36,37,38)/p+1/b3-2+. The van der Waals surface area contributed by atoms with E-state index >= 15 is 0 Å². The van der Waals surface area contributed by atoms with Crippen molar-refractivity contribution in [1.82, 2.24) is 0 Å². The first-order valence-electron chi connectivity index (χ1n) is 15.4. The van der Waals surface area contributed by atoms with Crippen molar-refractivity contribution in [2.75, 3.05) is 26.2 Å². The van der Waals surface area contributed by atoms with Crippen molar-refractivity contribution in [3.05, 3.63) is 12.2 Å². The van der Waals surface area contributed by atoms with Crippen LogP contribution in [0.1, 0.15) is 142 Å². The van der Waals surface area contributed by atoms with Crippen molar-refractivity contribution < 1.29 is 34.2 Å². The summed E-state index contributed by atoms with van der Waals surface area (Å²) in [5.74, 6) is -2.30. The van der Waals surface area contributed by atoms with E-state index in [2.05, 4.69) is 19.1 Å². The molecule has 0 aromatic heterocycles. The second-order valence-corrected chi connectivity index (χ2v) is 11.0. The van der Waals surface area contributed by atoms with Crippen LogP contribution in [-0.4, -0.2) is 63.9 Å². The molecule has 222 valence electrons. The van der Waals surface area contributed by atoms with Crippen LogP contribution in [0, 0.1) is 0 Å². The summed E-state index contributed by atoms with van der Waals surface area (Å²) in [5.41, 5.74) is 0. The minimum absolute atomic E-state index is 0.175. The van der Waals surface area contributed by atoms with Gasteiger partial charge < -0.3 is 19.8 Å². The molecule has 0 rings (SSSR count). The Balaban J connectivity index is 4.52. The van der Waals surface area contributed by atoms with Crippen LogP contribution in [0.3, 0.4) is 0 Å². The topological polar surface area (TPSA) is 112 Å². The van der Waals surface area contributed by atoms with E-state index < -0.39 is 17.9 Å². The van der Waals surface area contributed by atoms with Gasteiger partial charge in [0.1, 0.15) is 0 Å². The smallest absolute Gasteiger partial charge is 0.303 e. The van der Waals surface area contributed by atoms with Gasteiger partial charge >= 0.3 is 17.9 Å². The average Bonchev–Trinajstić information content (AvgIpc) is 2.87. The van der Waals surface area contributed by atoms with Gasteiger partial charge in [-0.3, -0.25) is 14.4 Å². The number of hydrogen-bond acceptors (Lipinski definition) is 3. The minimum atomic E-state index is -0.768. The van der Waals surface area contributed by atoms with Crippen molar-refractivity contribution >= 4 is 17.9 Å². The van der Waals surface area contributed by atoms with Crippen LogP contribution in [0.15, 0.2) is 12.2 Å². The first kappa shape index (κ1) is 36.1. The number of hydrogen-bond donors (Lipinski definition) is 3. The highest BCUT2D eigenvalue weighted by Gasteiger charge is 2.26. The third kappa shape index (κ3) is 24.4. The Morgan fingerprint density at radius 1 is 0.474 bits per heavy atom. The van der Waals surface area contributed by atoms with E-state index in [4.69, 9.17) is 15.3 Å². The molecule has 0 aliphatic rings. The number of nitrogens with zero attached hydrogens (tertiary/aromatic N) is 1. The van der Waals surface area contributed by atoms with Crippen molar-refractivity contribution in [1.29, 1.82) is 0 Å². The number of rotatable bonds is 29. The zero-order valence-electron chi connectivity index (χ0n) is 24.3. The summed E-state index contributed by atoms with van der Waals surface area (Å²) in [7, 11) is 0. The van der Waals surface area contributed by atoms with Crippen LogP contribution < -0.4 is 0 Å². The van der Waals surface area contributed by atoms with E-state index in [0.717, 1.165) is 56.3 Å². The van der Waals surface area contributed by atoms with E-state index in [1.807, 2.05) is 0 Å². The molecule has 0 saturated heterocycles. The third-order valence-electron chi connectivity index (χ3n) is 7.56. The second kappa shape index (κ2) is 25.4. The van der Waals surface area contributed by atoms with Gasteiger partial charge in [-0.25, -0.2) is 0 Å². The highest BCUT2D eigenvalue weighted by atomic mass is 16.4. The van der Waals surface area contributed by atoms with E-state index in [1.165, 1.54) is 70.6 Å². The number of quaternary nitrogens is 1. The fraction of sp³-hybridized carbons (Fsp3) is 0.839. The van der Waals surface area contributed by atoms with Crippen LogP contribution in [0.25, 0.3) is 0 Å². The highest BCUT2D eigenvalue weighted by Crippen LogP contribution is 2.20. The fourth-order valence-corrected chi connectivity index (χ4v) is 5.31. The molecular weight excluding hydrogens is 482 g/mol. The molecule has 0 aliphatic carbocycles. The monoisotopic (exact) mass is 540 g/mol. The number of carboxylic acid groups (broad SMARTS) is 3. The lowest BCUT2D eigenvalue weighted by Crippen LogP contribution is -2.51. The lowest BCUT2D eigenvalue weighted by molar-refractivity contribution is -0.929. The molecule has 0 fully saturated rings. The van der Waals surface area contributed by atoms with Gasteiger partial charge in [0, 0.05) is 19.3 Å². The Morgan fingerprint density at radius 2 is 0.763 bits per heavy atom. The zero-order chi connectivity index (χ0) is 28.3. The predicted octanol–water partition coefficient (Wildman–Crippen LogP) is 7.83. The Labute approximate surface area is 232 Å². The number of carboxylic acids is 3. The first-order valence-corrected chi connectivity index (χ1v) is 15.4. The maximum absolute atomic E-state index is 11.0. The number of carbonyl (C=O) groups is 3. The molecule has 0 saturated carbocycles. The summed E-state index contributed by atoms with van der Waals surface area (Å²) in [6, 6.07) is 0. The van der Waals surface area contributed by atoms with Gasteiger partial charge in [0.15, 0.2) is 0 Å². The molecule has 7 heteroatoms. The Bertz CT molecular complexity index is 579. The summed E-state index contributed by atoms with van der Waals surface area (Å²) in [6.45, 7) is 5.77. The molecule has 38 heavy (non-hydrogen) atoms. The molecule has 3 N–H and O–H groups in total. The summed E-state index contributed by atoms with van der Waals surface area (Å²) in [4.78, 5) is 32.9. The van der Waals surface area contributed by atoms with E-state index in [0.29, 0.717) is 19.3 Å². The Kier molecular flexibility index (Phi) is 24.1. The Morgan fingerprint density at radius 3 is 1.08 bits per heavy atom. The highest BCUT2D eigenvalue weighted by molar-refractivity contribution is 5.67. The molecule has 0 aliphatic heterocycles. The van der Waals surface area contributed by atoms with Gasteiger partial charge in [0.2, 0.25) is 0 Å². The van der Waals surface area contributed by atoms with Crippen molar-refractivity contribution in [2.45, 2.75) is 142 Å². The number of aliphatic carboxylic acids is 3. The summed E-state index contributed by atoms with van der Waals surface area (Å²) < 4.78 is 0.868. The van der Waals surface area contributed by atoms with Gasteiger partial charge in [-0.05, 0) is 71.1 Å². The van der Waals surface area contributed by atoms with Gasteiger partial charge in [0.05, 0.1) is 26.2 Å². The molecule has 0 unspecified atom stereocenters. The summed E-state index contributed by atoms with van der Waals surface area (Å²) >= 11 is 0. The third-order valence-corrected chi connectivity index (χ3v) is 7.56. The van der Waals surface area contributed by atoms with Crippen LogP contribution >= 0.6 is 0 Å². The van der Waals surface area contributed by atoms with E-state index in [9.17, 15) is 14.4 Å². The number of unbranched alkanes of at least 4 members (excludes halogenated alkanes) is 14. The molecule has 0 amide bonds. The molecule has 0 bridgehead atoms. The second-order valence-electron chi connectivity index (χ2n) is 11.0. The van der Waals surface area contributed by atoms with Crippen molar-refractivity contribution in [3.63, 3.8) is 0 Å². The van der Waals surface area contributed by atoms with Gasteiger partial charge in [-0.2, -0.15) is 0 Å². The average molecular weight is 541 g/mol. The lowest BCUT2D eigenvalue weighted by Gasteiger charge is -2.39. The van der Waals surface area contributed by atoms with E-state index in [-0.39, 0.29) is 19.3 Å². The lowest BCUT2D eigenvalue weighted by atomic mass is 10.0. The predicted molar refractivity (Wildman–Crippen MR) is 154 cm³/mol. The Hall–Kier alpha value is -1.89. The molecule has 0 heterocycles. The SMILES string of the molecule is C/C=C/CCCCCCCCCCCCC[N+](CCCCC(=O)O)(CCCCC(=O)O)CCCCC(=O)O. The van der Waals surface area contributed by atoms with Crippen molar-refractivity contribution in [2.24, 2.45) is 0 Å². The van der Waals surface area contributed by atoms with Crippen LogP contribution in [0.2, 0.25) is 0 Å². The fourth-order valence-electron chi connectivity index (χ4n) is 5.31. The maximum Gasteiger partial charge on any atom is 0.303 e. The molecule has 0 spiro atoms. The van der Waals surface area contributed by atoms with Gasteiger partial charge in [-0.1, -0.05) is 63.5 Å². The van der Waals surface area contributed by atoms with Crippen LogP contribution in [0.4, 0.5) is 0 Å². The molecular formula is C31H58NO6+. The quantitative estimate of drug-likeness (QED) is 0.0506. The van der Waals surface area contributed by atoms with E-state index in [1.54, 1.807) is 0 Å². The number of allylic oxidation sites excluding steroid dienone is 2. The summed E-state index contributed by atoms with van der Waals surface area (Å²) in [5, 5.41) is 27.1. The van der Waals surface area contributed by atoms with Crippen LogP contribution in [0.5, 0.6) is 0 Å². The van der Waals surface area contributed by atoms with Crippen molar-refractivity contribution in [3.8, 4) is 0 Å². The molecule has 0 atom stereocenters. The largest absolute Gasteiger partial charge is 0.481 e. The zero-order valence-corrected chi connectivity index (χ0v) is 24.3. The summed E-state index contributed by atoms with van der Waals surface area (Å²) in [6.07, 6.45) is 24.7.